The lowest BCUT2D eigenvalue weighted by Crippen LogP contribution is -2.13. The van der Waals surface area contributed by atoms with Crippen LogP contribution in [0.1, 0.15) is 25.7 Å². The van der Waals surface area contributed by atoms with E-state index in [9.17, 15) is 18.0 Å². The van der Waals surface area contributed by atoms with Gasteiger partial charge in [0.2, 0.25) is 0 Å². The Morgan fingerprint density at radius 3 is 2.64 bits per heavy atom. The first-order valence-electron chi connectivity index (χ1n) is 4.63. The molecule has 0 bridgehead atoms. The third-order valence-corrected chi connectivity index (χ3v) is 2.23. The molecule has 1 atom stereocenters. The minimum atomic E-state index is -4.22. The van der Waals surface area contributed by atoms with Crippen LogP contribution in [0.5, 0.6) is 0 Å². The van der Waals surface area contributed by atoms with Crippen molar-refractivity contribution in [2.45, 2.75) is 31.9 Å². The molecule has 0 saturated carbocycles. The topological polar surface area (TPSA) is 26.3 Å². The van der Waals surface area contributed by atoms with E-state index in [1.807, 2.05) is 0 Å². The molecule has 1 saturated heterocycles. The summed E-state index contributed by atoms with van der Waals surface area (Å²) in [5.41, 5.74) is 0. The van der Waals surface area contributed by atoms with Gasteiger partial charge in [0.15, 0.2) is 0 Å². The molecular formula is C9H13F3O2. The van der Waals surface area contributed by atoms with Gasteiger partial charge in [0, 0.05) is 26.1 Å². The fourth-order valence-corrected chi connectivity index (χ4v) is 1.45. The van der Waals surface area contributed by atoms with Gasteiger partial charge >= 0.3 is 6.18 Å². The third kappa shape index (κ3) is 4.60. The molecule has 1 rings (SSSR count). The number of carbonyl (C=O) groups excluding carboxylic acids is 1. The second-order valence-electron chi connectivity index (χ2n) is 3.59. The summed E-state index contributed by atoms with van der Waals surface area (Å²) in [6.07, 6.45) is -4.59. The lowest BCUT2D eigenvalue weighted by atomic mass is 9.99. The Hall–Kier alpha value is -0.580. The number of halogens is 3. The molecule has 0 aliphatic carbocycles. The minimum Gasteiger partial charge on any atom is -0.381 e. The van der Waals surface area contributed by atoms with E-state index in [2.05, 4.69) is 0 Å². The van der Waals surface area contributed by atoms with Crippen LogP contribution in [0.25, 0.3) is 0 Å². The first-order valence-corrected chi connectivity index (χ1v) is 4.63. The number of ketones is 1. The number of Topliss-reactive ketones (excluding diaryl/α,β-unsaturated/α-hetero) is 1. The van der Waals surface area contributed by atoms with Crippen molar-refractivity contribution in [2.75, 3.05) is 13.2 Å². The highest BCUT2D eigenvalue weighted by Gasteiger charge is 2.28. The van der Waals surface area contributed by atoms with Crippen molar-refractivity contribution in [3.63, 3.8) is 0 Å². The predicted octanol–water partition coefficient (Wildman–Crippen LogP) is 2.32. The first-order chi connectivity index (χ1) is 6.47. The summed E-state index contributed by atoms with van der Waals surface area (Å²) in [5, 5.41) is 0. The summed E-state index contributed by atoms with van der Waals surface area (Å²) >= 11 is 0. The number of hydrogen-bond acceptors (Lipinski definition) is 2. The lowest BCUT2D eigenvalue weighted by Gasteiger charge is -2.07. The molecule has 2 nitrogen and oxygen atoms in total. The van der Waals surface area contributed by atoms with E-state index in [4.69, 9.17) is 4.74 Å². The standard InChI is InChI=1S/C9H13F3O2/c10-9(11,12)3-1-8(13)5-7-2-4-14-6-7/h7H,1-6H2. The van der Waals surface area contributed by atoms with Crippen LogP contribution >= 0.6 is 0 Å². The highest BCUT2D eigenvalue weighted by atomic mass is 19.4. The average Bonchev–Trinajstić information content (AvgIpc) is 2.52. The Bertz CT molecular complexity index is 195. The zero-order valence-corrected chi connectivity index (χ0v) is 7.77. The SMILES string of the molecule is O=C(CCC(F)(F)F)CC1CCOC1. The van der Waals surface area contributed by atoms with Crippen LogP contribution in [0.2, 0.25) is 0 Å². The molecule has 5 heteroatoms. The molecule has 1 aliphatic rings. The van der Waals surface area contributed by atoms with E-state index < -0.39 is 12.6 Å². The molecule has 0 radical (unpaired) electrons. The number of rotatable bonds is 4. The Morgan fingerprint density at radius 1 is 1.43 bits per heavy atom. The summed E-state index contributed by atoms with van der Waals surface area (Å²) in [6, 6.07) is 0. The van der Waals surface area contributed by atoms with Crippen molar-refractivity contribution >= 4 is 5.78 Å². The van der Waals surface area contributed by atoms with Gasteiger partial charge in [-0.25, -0.2) is 0 Å². The van der Waals surface area contributed by atoms with Gasteiger partial charge in [0.05, 0.1) is 6.42 Å². The van der Waals surface area contributed by atoms with Gasteiger partial charge in [-0.2, -0.15) is 13.2 Å². The normalized spacial score (nSPS) is 22.6. The number of carbonyl (C=O) groups is 1. The fourth-order valence-electron chi connectivity index (χ4n) is 1.45. The number of alkyl halides is 3. The van der Waals surface area contributed by atoms with E-state index in [0.29, 0.717) is 13.2 Å². The molecular weight excluding hydrogens is 197 g/mol. The smallest absolute Gasteiger partial charge is 0.381 e. The fraction of sp³-hybridized carbons (Fsp3) is 0.889. The van der Waals surface area contributed by atoms with E-state index in [-0.39, 0.29) is 24.5 Å². The first kappa shape index (κ1) is 11.5. The van der Waals surface area contributed by atoms with Crippen molar-refractivity contribution in [3.05, 3.63) is 0 Å². The van der Waals surface area contributed by atoms with Crippen LogP contribution < -0.4 is 0 Å². The van der Waals surface area contributed by atoms with Gasteiger partial charge in [0.1, 0.15) is 5.78 Å². The van der Waals surface area contributed by atoms with Crippen LogP contribution in [0, 0.1) is 5.92 Å². The van der Waals surface area contributed by atoms with Crippen LogP contribution in [-0.4, -0.2) is 25.2 Å². The Balaban J connectivity index is 2.15. The highest BCUT2D eigenvalue weighted by Crippen LogP contribution is 2.23. The van der Waals surface area contributed by atoms with Crippen molar-refractivity contribution < 1.29 is 22.7 Å². The molecule has 82 valence electrons. The van der Waals surface area contributed by atoms with E-state index in [0.717, 1.165) is 6.42 Å². The molecule has 0 amide bonds. The minimum absolute atomic E-state index is 0.135. The Morgan fingerprint density at radius 2 is 2.14 bits per heavy atom. The predicted molar refractivity (Wildman–Crippen MR) is 43.8 cm³/mol. The highest BCUT2D eigenvalue weighted by molar-refractivity contribution is 5.78. The molecule has 0 aromatic carbocycles. The van der Waals surface area contributed by atoms with Gasteiger partial charge in [0.25, 0.3) is 0 Å². The second kappa shape index (κ2) is 4.77. The summed E-state index contributed by atoms with van der Waals surface area (Å²) in [6.45, 7) is 1.13. The quantitative estimate of drug-likeness (QED) is 0.711. The third-order valence-electron chi connectivity index (χ3n) is 2.23. The van der Waals surface area contributed by atoms with E-state index in [1.54, 1.807) is 0 Å². The van der Waals surface area contributed by atoms with Gasteiger partial charge < -0.3 is 4.74 Å². The summed E-state index contributed by atoms with van der Waals surface area (Å²) < 4.78 is 40.3. The van der Waals surface area contributed by atoms with Crippen molar-refractivity contribution in [3.8, 4) is 0 Å². The van der Waals surface area contributed by atoms with Gasteiger partial charge in [-0.3, -0.25) is 4.79 Å². The molecule has 0 aromatic heterocycles. The zero-order valence-electron chi connectivity index (χ0n) is 7.77. The van der Waals surface area contributed by atoms with Crippen LogP contribution in [0.3, 0.4) is 0 Å². The molecule has 1 heterocycles. The Kier molecular flexibility index (Phi) is 3.92. The second-order valence-corrected chi connectivity index (χ2v) is 3.59. The molecule has 14 heavy (non-hydrogen) atoms. The van der Waals surface area contributed by atoms with E-state index in [1.165, 1.54) is 0 Å². The van der Waals surface area contributed by atoms with Crippen molar-refractivity contribution in [2.24, 2.45) is 5.92 Å². The zero-order chi connectivity index (χ0) is 10.6. The van der Waals surface area contributed by atoms with Gasteiger partial charge in [-0.15, -0.1) is 0 Å². The maximum Gasteiger partial charge on any atom is 0.389 e. The van der Waals surface area contributed by atoms with Crippen LogP contribution in [0.4, 0.5) is 13.2 Å². The number of ether oxygens (including phenoxy) is 1. The molecule has 1 unspecified atom stereocenters. The summed E-state index contributed by atoms with van der Waals surface area (Å²) in [7, 11) is 0. The molecule has 1 fully saturated rings. The molecule has 0 aromatic rings. The number of hydrogen-bond donors (Lipinski definition) is 0. The molecule has 1 aliphatic heterocycles. The summed E-state index contributed by atoms with van der Waals surface area (Å²) in [4.78, 5) is 11.1. The maximum absolute atomic E-state index is 11.8. The van der Waals surface area contributed by atoms with Gasteiger partial charge in [-0.1, -0.05) is 0 Å². The van der Waals surface area contributed by atoms with Crippen molar-refractivity contribution in [1.29, 1.82) is 0 Å². The lowest BCUT2D eigenvalue weighted by molar-refractivity contribution is -0.143. The average molecular weight is 210 g/mol. The molecule has 0 spiro atoms. The molecule has 0 N–H and O–H groups in total. The largest absolute Gasteiger partial charge is 0.389 e. The van der Waals surface area contributed by atoms with Gasteiger partial charge in [-0.05, 0) is 12.3 Å². The van der Waals surface area contributed by atoms with Crippen LogP contribution in [-0.2, 0) is 9.53 Å². The monoisotopic (exact) mass is 210 g/mol. The van der Waals surface area contributed by atoms with Crippen LogP contribution in [0.15, 0.2) is 0 Å². The Labute approximate surface area is 80.4 Å². The van der Waals surface area contributed by atoms with E-state index >= 15 is 0 Å². The summed E-state index contributed by atoms with van der Waals surface area (Å²) in [5.74, 6) is -0.173. The maximum atomic E-state index is 11.8. The van der Waals surface area contributed by atoms with Crippen molar-refractivity contribution in [1.82, 2.24) is 0 Å².